The molecule has 1 rings (SSSR count). The lowest BCUT2D eigenvalue weighted by molar-refractivity contribution is -0.141. The van der Waals surface area contributed by atoms with Gasteiger partial charge in [0.1, 0.15) is 5.69 Å². The highest BCUT2D eigenvalue weighted by Crippen LogP contribution is 2.35. The van der Waals surface area contributed by atoms with Crippen molar-refractivity contribution in [1.82, 2.24) is 4.98 Å². The first-order valence-corrected chi connectivity index (χ1v) is 5.35. The summed E-state index contributed by atoms with van der Waals surface area (Å²) in [7, 11) is 1.02. The van der Waals surface area contributed by atoms with E-state index in [-0.39, 0.29) is 0 Å². The lowest BCUT2D eigenvalue weighted by Crippen LogP contribution is -2.18. The van der Waals surface area contributed by atoms with Crippen molar-refractivity contribution in [2.75, 3.05) is 7.11 Å². The van der Waals surface area contributed by atoms with Crippen LogP contribution < -0.4 is 5.73 Å². The van der Waals surface area contributed by atoms with Gasteiger partial charge in [0.2, 0.25) is 0 Å². The second-order valence-electron chi connectivity index (χ2n) is 3.78. The maximum Gasteiger partial charge on any atom is 0.416 e. The summed E-state index contributed by atoms with van der Waals surface area (Å²) in [6.07, 6.45) is -8.73. The fourth-order valence-corrected chi connectivity index (χ4v) is 1.60. The lowest BCUT2D eigenvalue weighted by atomic mass is 10.0. The third-order valence-electron chi connectivity index (χ3n) is 2.48. The minimum absolute atomic E-state index is 0.448. The first-order valence-electron chi connectivity index (χ1n) is 5.35. The van der Waals surface area contributed by atoms with Crippen LogP contribution in [0.4, 0.5) is 22.0 Å². The first kappa shape index (κ1) is 16.3. The third-order valence-corrected chi connectivity index (χ3v) is 2.48. The van der Waals surface area contributed by atoms with Gasteiger partial charge in [-0.15, -0.1) is 0 Å². The minimum Gasteiger partial charge on any atom is -0.469 e. The van der Waals surface area contributed by atoms with Crippen molar-refractivity contribution in [1.29, 1.82) is 0 Å². The lowest BCUT2D eigenvalue weighted by Gasteiger charge is -2.16. The number of halogens is 5. The fraction of sp³-hybridized carbons (Fsp3) is 0.455. The van der Waals surface area contributed by atoms with E-state index in [1.54, 1.807) is 0 Å². The van der Waals surface area contributed by atoms with E-state index < -0.39 is 54.1 Å². The predicted molar refractivity (Wildman–Crippen MR) is 57.8 cm³/mol. The molecule has 0 bridgehead atoms. The monoisotopic (exact) mass is 298 g/mol. The second-order valence-corrected chi connectivity index (χ2v) is 3.78. The van der Waals surface area contributed by atoms with Crippen molar-refractivity contribution in [3.8, 4) is 0 Å². The Kier molecular flexibility index (Phi) is 4.98. The molecule has 20 heavy (non-hydrogen) atoms. The highest BCUT2D eigenvalue weighted by atomic mass is 19.4. The normalized spacial score (nSPS) is 11.8. The van der Waals surface area contributed by atoms with E-state index in [4.69, 9.17) is 5.73 Å². The number of pyridine rings is 1. The Balaban J connectivity index is 3.44. The zero-order chi connectivity index (χ0) is 15.5. The van der Waals surface area contributed by atoms with Crippen LogP contribution in [0.15, 0.2) is 6.07 Å². The SMILES string of the molecule is COC(=O)Cc1cc(C(F)(F)F)c(CN)c(C(F)F)n1. The summed E-state index contributed by atoms with van der Waals surface area (Å²) in [5, 5.41) is 0. The molecule has 1 aromatic heterocycles. The van der Waals surface area contributed by atoms with E-state index >= 15 is 0 Å². The third kappa shape index (κ3) is 3.62. The Morgan fingerprint density at radius 2 is 2.05 bits per heavy atom. The van der Waals surface area contributed by atoms with E-state index in [0.717, 1.165) is 7.11 Å². The van der Waals surface area contributed by atoms with Crippen molar-refractivity contribution >= 4 is 5.97 Å². The molecule has 0 radical (unpaired) electrons. The van der Waals surface area contributed by atoms with E-state index in [2.05, 4.69) is 9.72 Å². The van der Waals surface area contributed by atoms with E-state index in [0.29, 0.717) is 6.07 Å². The number of alkyl halides is 5. The van der Waals surface area contributed by atoms with Crippen molar-refractivity contribution in [3.63, 3.8) is 0 Å². The molecular weight excluding hydrogens is 287 g/mol. The molecule has 0 saturated carbocycles. The number of rotatable bonds is 4. The summed E-state index contributed by atoms with van der Waals surface area (Å²) in [4.78, 5) is 14.4. The van der Waals surface area contributed by atoms with Gasteiger partial charge >= 0.3 is 12.1 Å². The van der Waals surface area contributed by atoms with Crippen LogP contribution in [-0.4, -0.2) is 18.1 Å². The summed E-state index contributed by atoms with van der Waals surface area (Å²) in [6.45, 7) is -0.736. The maximum absolute atomic E-state index is 12.8. The molecule has 4 nitrogen and oxygen atoms in total. The second kappa shape index (κ2) is 6.12. The fourth-order valence-electron chi connectivity index (χ4n) is 1.60. The molecular formula is C11H11F5N2O2. The van der Waals surface area contributed by atoms with Gasteiger partial charge in [-0.05, 0) is 6.07 Å². The zero-order valence-electron chi connectivity index (χ0n) is 10.3. The predicted octanol–water partition coefficient (Wildman–Crippen LogP) is 2.21. The number of nitrogens with zero attached hydrogens (tertiary/aromatic N) is 1. The minimum atomic E-state index is -4.87. The van der Waals surface area contributed by atoms with E-state index in [1.807, 2.05) is 0 Å². The summed E-state index contributed by atoms with van der Waals surface area (Å²) in [6, 6.07) is 0.533. The van der Waals surface area contributed by atoms with Gasteiger partial charge in [0.25, 0.3) is 6.43 Å². The molecule has 0 unspecified atom stereocenters. The summed E-state index contributed by atoms with van der Waals surface area (Å²) >= 11 is 0. The molecule has 0 amide bonds. The Hall–Kier alpha value is -1.77. The van der Waals surface area contributed by atoms with Crippen LogP contribution in [0, 0.1) is 0 Å². The maximum atomic E-state index is 12.8. The molecule has 0 aliphatic heterocycles. The number of nitrogens with two attached hydrogens (primary N) is 1. The number of esters is 1. The Morgan fingerprint density at radius 3 is 2.45 bits per heavy atom. The van der Waals surface area contributed by atoms with Crippen LogP contribution in [0.3, 0.4) is 0 Å². The van der Waals surface area contributed by atoms with Gasteiger partial charge < -0.3 is 10.5 Å². The van der Waals surface area contributed by atoms with Gasteiger partial charge in [0.05, 0.1) is 24.8 Å². The van der Waals surface area contributed by atoms with Gasteiger partial charge in [-0.2, -0.15) is 13.2 Å². The average molecular weight is 298 g/mol. The Morgan fingerprint density at radius 1 is 1.45 bits per heavy atom. The molecule has 112 valence electrons. The molecule has 0 aliphatic carbocycles. The van der Waals surface area contributed by atoms with Crippen molar-refractivity contribution in [2.24, 2.45) is 5.73 Å². The Bertz CT molecular complexity index is 502. The molecule has 9 heteroatoms. The highest BCUT2D eigenvalue weighted by Gasteiger charge is 2.36. The number of carbonyl (C=O) groups is 1. The average Bonchev–Trinajstić information content (AvgIpc) is 2.36. The van der Waals surface area contributed by atoms with Crippen LogP contribution in [0.25, 0.3) is 0 Å². The first-order chi connectivity index (χ1) is 9.20. The van der Waals surface area contributed by atoms with E-state index in [9.17, 15) is 26.7 Å². The van der Waals surface area contributed by atoms with Crippen LogP contribution >= 0.6 is 0 Å². The van der Waals surface area contributed by atoms with Crippen molar-refractivity contribution in [2.45, 2.75) is 25.6 Å². The molecule has 0 fully saturated rings. The number of hydrogen-bond acceptors (Lipinski definition) is 4. The van der Waals surface area contributed by atoms with Gasteiger partial charge in [-0.1, -0.05) is 0 Å². The van der Waals surface area contributed by atoms with Crippen LogP contribution in [0.1, 0.15) is 28.9 Å². The molecule has 0 aromatic carbocycles. The quantitative estimate of drug-likeness (QED) is 0.683. The largest absolute Gasteiger partial charge is 0.469 e. The molecule has 0 aliphatic rings. The van der Waals surface area contributed by atoms with Crippen LogP contribution in [0.5, 0.6) is 0 Å². The number of aromatic nitrogens is 1. The van der Waals surface area contributed by atoms with Gasteiger partial charge in [-0.3, -0.25) is 9.78 Å². The molecule has 2 N–H and O–H groups in total. The van der Waals surface area contributed by atoms with Crippen molar-refractivity contribution < 1.29 is 31.5 Å². The van der Waals surface area contributed by atoms with Crippen molar-refractivity contribution in [3.05, 3.63) is 28.6 Å². The van der Waals surface area contributed by atoms with Gasteiger partial charge in [0, 0.05) is 12.1 Å². The molecule has 1 heterocycles. The smallest absolute Gasteiger partial charge is 0.416 e. The topological polar surface area (TPSA) is 65.2 Å². The van der Waals surface area contributed by atoms with Gasteiger partial charge in [0.15, 0.2) is 0 Å². The summed E-state index contributed by atoms with van der Waals surface area (Å²) < 4.78 is 68.3. The number of ether oxygens (including phenoxy) is 1. The molecule has 0 spiro atoms. The number of hydrogen-bond donors (Lipinski definition) is 1. The van der Waals surface area contributed by atoms with Gasteiger partial charge in [-0.25, -0.2) is 8.78 Å². The Labute approximate surface area is 110 Å². The standard InChI is InChI=1S/C11H11F5N2O2/c1-20-8(19)3-5-2-7(11(14,15)16)6(4-17)9(18-5)10(12)13/h2,10H,3-4,17H2,1H3. The number of methoxy groups -OCH3 is 1. The number of carbonyl (C=O) groups excluding carboxylic acids is 1. The molecule has 1 aromatic rings. The summed E-state index contributed by atoms with van der Waals surface area (Å²) in [5.74, 6) is -0.883. The zero-order valence-corrected chi connectivity index (χ0v) is 10.3. The highest BCUT2D eigenvalue weighted by molar-refractivity contribution is 5.72. The summed E-state index contributed by atoms with van der Waals surface area (Å²) in [5.41, 5.74) is 1.49. The van der Waals surface area contributed by atoms with Crippen LogP contribution in [-0.2, 0) is 28.7 Å². The van der Waals surface area contributed by atoms with Crippen LogP contribution in [0.2, 0.25) is 0 Å². The molecule has 0 atom stereocenters. The van der Waals surface area contributed by atoms with E-state index in [1.165, 1.54) is 0 Å². The molecule has 0 saturated heterocycles.